The van der Waals surface area contributed by atoms with Gasteiger partial charge in [0.25, 0.3) is 0 Å². The molecule has 1 aliphatic heterocycles. The molecule has 1 N–H and O–H groups in total. The quantitative estimate of drug-likeness (QED) is 0.447. The summed E-state index contributed by atoms with van der Waals surface area (Å²) < 4.78 is 16.6. The average molecular weight is 381 g/mol. The van der Waals surface area contributed by atoms with Gasteiger partial charge in [-0.1, -0.05) is 23.1 Å². The van der Waals surface area contributed by atoms with Gasteiger partial charge in [0, 0.05) is 12.5 Å². The molecule has 0 amide bonds. The molecule has 0 fully saturated rings. The third-order valence-electron chi connectivity index (χ3n) is 4.68. The van der Waals surface area contributed by atoms with Crippen LogP contribution in [0.5, 0.6) is 5.75 Å². The van der Waals surface area contributed by atoms with Gasteiger partial charge in [0.1, 0.15) is 11.9 Å². The molecule has 1 aromatic carbocycles. The second kappa shape index (κ2) is 8.03. The zero-order chi connectivity index (χ0) is 19.5. The third-order valence-corrected chi connectivity index (χ3v) is 4.96. The molecule has 1 aliphatic rings. The Morgan fingerprint density at radius 3 is 2.73 bits per heavy atom. The highest BCUT2D eigenvalue weighted by atomic mass is 35.5. The van der Waals surface area contributed by atoms with Gasteiger partial charge in [-0.2, -0.15) is 0 Å². The number of benzene rings is 1. The molecular weight excluding hydrogens is 354 g/mol. The molecule has 0 saturated carbocycles. The topological polar surface area (TPSA) is 65.0 Å². The fourth-order valence-corrected chi connectivity index (χ4v) is 2.72. The number of ether oxygens (including phenoxy) is 2. The summed E-state index contributed by atoms with van der Waals surface area (Å²) >= 11 is 6.35. The minimum absolute atomic E-state index is 0.254. The number of fused-ring (bicyclic) bond motifs is 1. The standard InChI is InChI=1S/C19H26BClO5/c1-6-24-16(22)8-7-14-10-12-9-13(11-15(21)17(12)25-14)20-26-19(4,5)18(2,3)23/h7-9,11,14,20,23H,6,10H2,1-5H3/b8-7+. The van der Waals surface area contributed by atoms with Crippen molar-refractivity contribution in [3.63, 3.8) is 0 Å². The van der Waals surface area contributed by atoms with Crippen molar-refractivity contribution in [3.05, 3.63) is 34.9 Å². The highest BCUT2D eigenvalue weighted by molar-refractivity contribution is 6.48. The van der Waals surface area contributed by atoms with Gasteiger partial charge in [0.05, 0.1) is 22.8 Å². The molecule has 1 unspecified atom stereocenters. The van der Waals surface area contributed by atoms with Crippen molar-refractivity contribution in [2.45, 2.75) is 58.3 Å². The summed E-state index contributed by atoms with van der Waals surface area (Å²) in [5.74, 6) is 0.247. The van der Waals surface area contributed by atoms with Crippen LogP contribution in [-0.2, 0) is 20.6 Å². The van der Waals surface area contributed by atoms with Crippen LogP contribution in [0.2, 0.25) is 5.02 Å². The van der Waals surface area contributed by atoms with Crippen LogP contribution in [0.25, 0.3) is 0 Å². The third kappa shape index (κ3) is 5.03. The molecule has 1 atom stereocenters. The van der Waals surface area contributed by atoms with E-state index in [2.05, 4.69) is 0 Å². The summed E-state index contributed by atoms with van der Waals surface area (Å²) in [6, 6.07) is 3.79. The van der Waals surface area contributed by atoms with E-state index >= 15 is 0 Å². The molecule has 7 heteroatoms. The molecule has 0 aliphatic carbocycles. The molecule has 2 rings (SSSR count). The zero-order valence-electron chi connectivity index (χ0n) is 16.0. The predicted molar refractivity (Wildman–Crippen MR) is 104 cm³/mol. The maximum absolute atomic E-state index is 11.4. The molecule has 0 aromatic heterocycles. The second-order valence-electron chi connectivity index (χ2n) is 7.40. The van der Waals surface area contributed by atoms with E-state index in [1.807, 2.05) is 19.9 Å². The van der Waals surface area contributed by atoms with Gasteiger partial charge in [-0.15, -0.1) is 0 Å². The molecule has 1 heterocycles. The second-order valence-corrected chi connectivity index (χ2v) is 7.80. The Balaban J connectivity index is 2.06. The van der Waals surface area contributed by atoms with Crippen molar-refractivity contribution in [1.82, 2.24) is 0 Å². The summed E-state index contributed by atoms with van der Waals surface area (Å²) in [6.07, 6.45) is 3.43. The molecule has 142 valence electrons. The lowest BCUT2D eigenvalue weighted by molar-refractivity contribution is -0.137. The SMILES string of the molecule is CCOC(=O)/C=C/C1Cc2cc(BOC(C)(C)C(C)(C)O)cc(Cl)c2O1. The first kappa shape index (κ1) is 20.8. The zero-order valence-corrected chi connectivity index (χ0v) is 16.7. The first-order chi connectivity index (χ1) is 12.0. The van der Waals surface area contributed by atoms with Crippen LogP contribution in [0.15, 0.2) is 24.3 Å². The Morgan fingerprint density at radius 2 is 2.12 bits per heavy atom. The van der Waals surface area contributed by atoms with Gasteiger partial charge in [-0.3, -0.25) is 0 Å². The number of hydrogen-bond donors (Lipinski definition) is 1. The van der Waals surface area contributed by atoms with E-state index in [0.717, 1.165) is 11.0 Å². The van der Waals surface area contributed by atoms with Gasteiger partial charge >= 0.3 is 13.5 Å². The number of halogens is 1. The predicted octanol–water partition coefficient (Wildman–Crippen LogP) is 2.31. The van der Waals surface area contributed by atoms with E-state index in [4.69, 9.17) is 25.7 Å². The molecule has 0 bridgehead atoms. The lowest BCUT2D eigenvalue weighted by atomic mass is 9.82. The van der Waals surface area contributed by atoms with Gasteiger partial charge in [0.2, 0.25) is 0 Å². The van der Waals surface area contributed by atoms with Gasteiger partial charge in [0.15, 0.2) is 0 Å². The first-order valence-electron chi connectivity index (χ1n) is 8.72. The summed E-state index contributed by atoms with van der Waals surface area (Å²) in [4.78, 5) is 11.4. The Kier molecular flexibility index (Phi) is 6.43. The van der Waals surface area contributed by atoms with Crippen molar-refractivity contribution >= 4 is 30.5 Å². The first-order valence-corrected chi connectivity index (χ1v) is 9.10. The molecule has 0 radical (unpaired) electrons. The summed E-state index contributed by atoms with van der Waals surface area (Å²) in [7, 11) is 0.327. The van der Waals surface area contributed by atoms with Crippen LogP contribution in [-0.4, -0.2) is 42.5 Å². The van der Waals surface area contributed by atoms with E-state index in [-0.39, 0.29) is 12.1 Å². The van der Waals surface area contributed by atoms with Crippen LogP contribution < -0.4 is 10.2 Å². The monoisotopic (exact) mass is 380 g/mol. The molecule has 1 aromatic rings. The molecule has 26 heavy (non-hydrogen) atoms. The van der Waals surface area contributed by atoms with E-state index in [1.54, 1.807) is 32.9 Å². The number of carbonyl (C=O) groups excluding carboxylic acids is 1. The van der Waals surface area contributed by atoms with Gasteiger partial charge < -0.3 is 19.2 Å². The van der Waals surface area contributed by atoms with Crippen LogP contribution in [0.3, 0.4) is 0 Å². The average Bonchev–Trinajstić information content (AvgIpc) is 2.94. The highest BCUT2D eigenvalue weighted by Crippen LogP contribution is 2.35. The molecule has 0 spiro atoms. The number of rotatable bonds is 7. The van der Waals surface area contributed by atoms with Crippen molar-refractivity contribution in [2.75, 3.05) is 6.61 Å². The minimum Gasteiger partial charge on any atom is -0.484 e. The summed E-state index contributed by atoms with van der Waals surface area (Å²) in [6.45, 7) is 9.23. The summed E-state index contributed by atoms with van der Waals surface area (Å²) in [5, 5.41) is 10.7. The number of hydrogen-bond acceptors (Lipinski definition) is 5. The van der Waals surface area contributed by atoms with E-state index in [0.29, 0.717) is 31.3 Å². The Morgan fingerprint density at radius 1 is 1.42 bits per heavy atom. The number of esters is 1. The molecule has 5 nitrogen and oxygen atoms in total. The van der Waals surface area contributed by atoms with Crippen molar-refractivity contribution < 1.29 is 24.0 Å². The Hall–Kier alpha value is -1.50. The van der Waals surface area contributed by atoms with Gasteiger partial charge in [-0.05, 0) is 52.3 Å². The Labute approximate surface area is 160 Å². The molecule has 0 saturated heterocycles. The largest absolute Gasteiger partial charge is 0.484 e. The lowest BCUT2D eigenvalue weighted by Gasteiger charge is -2.37. The van der Waals surface area contributed by atoms with Crippen molar-refractivity contribution in [2.24, 2.45) is 0 Å². The van der Waals surface area contributed by atoms with E-state index < -0.39 is 11.2 Å². The fraction of sp³-hybridized carbons (Fsp3) is 0.526. The normalized spacial score (nSPS) is 17.1. The number of aliphatic hydroxyl groups is 1. The van der Waals surface area contributed by atoms with Crippen LogP contribution in [0.1, 0.15) is 40.2 Å². The minimum atomic E-state index is -0.973. The Bertz CT molecular complexity index is 694. The van der Waals surface area contributed by atoms with Crippen molar-refractivity contribution in [3.8, 4) is 5.75 Å². The summed E-state index contributed by atoms with van der Waals surface area (Å²) in [5.41, 5.74) is 0.194. The van der Waals surface area contributed by atoms with E-state index in [9.17, 15) is 9.90 Å². The fourth-order valence-electron chi connectivity index (χ4n) is 2.41. The highest BCUT2D eigenvalue weighted by Gasteiger charge is 2.36. The van der Waals surface area contributed by atoms with E-state index in [1.165, 1.54) is 6.08 Å². The molecular formula is C19H26BClO5. The van der Waals surface area contributed by atoms with Crippen LogP contribution in [0.4, 0.5) is 0 Å². The van der Waals surface area contributed by atoms with Crippen LogP contribution in [0, 0.1) is 0 Å². The van der Waals surface area contributed by atoms with Crippen molar-refractivity contribution in [1.29, 1.82) is 0 Å². The lowest BCUT2D eigenvalue weighted by Crippen LogP contribution is -2.49. The van der Waals surface area contributed by atoms with Gasteiger partial charge in [-0.25, -0.2) is 4.79 Å². The number of carbonyl (C=O) groups is 1. The maximum atomic E-state index is 11.4. The maximum Gasteiger partial charge on any atom is 0.330 e. The smallest absolute Gasteiger partial charge is 0.330 e. The van der Waals surface area contributed by atoms with Crippen LogP contribution >= 0.6 is 11.6 Å².